The van der Waals surface area contributed by atoms with Crippen LogP contribution >= 0.6 is 0 Å². The van der Waals surface area contributed by atoms with E-state index in [1.807, 2.05) is 43.9 Å². The number of anilines is 3. The molecule has 7 heteroatoms. The largest absolute Gasteiger partial charge is 0.319 e. The van der Waals surface area contributed by atoms with Crippen LogP contribution in [0.15, 0.2) is 55.3 Å². The molecule has 2 aromatic rings. The van der Waals surface area contributed by atoms with Crippen molar-refractivity contribution in [2.24, 2.45) is 0 Å². The molecule has 0 aliphatic carbocycles. The summed E-state index contributed by atoms with van der Waals surface area (Å²) in [6.07, 6.45) is 3.36. The van der Waals surface area contributed by atoms with Crippen LogP contribution in [-0.2, 0) is 11.3 Å². The molecular formula is C22H27N5O2. The monoisotopic (exact) mass is 393 g/mol. The maximum Gasteiger partial charge on any atom is 0.276 e. The fourth-order valence-corrected chi connectivity index (χ4v) is 3.55. The summed E-state index contributed by atoms with van der Waals surface area (Å²) < 4.78 is 1.61. The number of fused-ring (bicyclic) bond motifs is 2. The number of para-hydroxylation sites is 2. The Bertz CT molecular complexity index is 962. The molecule has 2 amide bonds. The Morgan fingerprint density at radius 1 is 1.34 bits per heavy atom. The first kappa shape index (κ1) is 20.5. The lowest BCUT2D eigenvalue weighted by molar-refractivity contribution is -0.122. The fraction of sp³-hybridized carbons (Fsp3) is 0.318. The van der Waals surface area contributed by atoms with Gasteiger partial charge in [-0.2, -0.15) is 5.10 Å². The van der Waals surface area contributed by atoms with Crippen molar-refractivity contribution in [1.29, 1.82) is 0 Å². The molecule has 0 spiro atoms. The van der Waals surface area contributed by atoms with E-state index in [0.717, 1.165) is 5.57 Å². The van der Waals surface area contributed by atoms with Gasteiger partial charge in [-0.25, -0.2) is 0 Å². The van der Waals surface area contributed by atoms with Crippen molar-refractivity contribution in [1.82, 2.24) is 14.7 Å². The molecule has 1 aromatic heterocycles. The van der Waals surface area contributed by atoms with Crippen LogP contribution in [0.2, 0.25) is 0 Å². The van der Waals surface area contributed by atoms with Crippen molar-refractivity contribution < 1.29 is 9.59 Å². The highest BCUT2D eigenvalue weighted by Crippen LogP contribution is 2.38. The lowest BCUT2D eigenvalue weighted by Crippen LogP contribution is -2.46. The minimum absolute atomic E-state index is 0.144. The average Bonchev–Trinajstić information content (AvgIpc) is 3.07. The minimum Gasteiger partial charge on any atom is -0.319 e. The molecule has 29 heavy (non-hydrogen) atoms. The summed E-state index contributed by atoms with van der Waals surface area (Å²) in [6.45, 7) is 15.1. The predicted molar refractivity (Wildman–Crippen MR) is 115 cm³/mol. The molecule has 2 heterocycles. The van der Waals surface area contributed by atoms with Crippen LogP contribution in [0.1, 0.15) is 31.3 Å². The Morgan fingerprint density at radius 3 is 2.72 bits per heavy atom. The molecule has 1 aliphatic heterocycles. The summed E-state index contributed by atoms with van der Waals surface area (Å²) in [6, 6.07) is 6.85. The smallest absolute Gasteiger partial charge is 0.276 e. The lowest BCUT2D eigenvalue weighted by Gasteiger charge is -2.32. The Morgan fingerprint density at radius 2 is 2.07 bits per heavy atom. The second-order valence-electron chi connectivity index (χ2n) is 7.19. The second-order valence-corrected chi connectivity index (χ2v) is 7.19. The number of hydrogen-bond donors (Lipinski definition) is 1. The number of aryl methyl sites for hydroxylation is 1. The van der Waals surface area contributed by atoms with Crippen molar-refractivity contribution in [3.05, 3.63) is 61.0 Å². The summed E-state index contributed by atoms with van der Waals surface area (Å²) in [5.74, 6) is -0.423. The molecule has 1 N–H and O–H groups in total. The van der Waals surface area contributed by atoms with Crippen molar-refractivity contribution in [3.8, 4) is 0 Å². The van der Waals surface area contributed by atoms with E-state index in [0.29, 0.717) is 42.4 Å². The van der Waals surface area contributed by atoms with E-state index in [1.165, 1.54) is 0 Å². The third-order valence-electron chi connectivity index (χ3n) is 4.93. The quantitative estimate of drug-likeness (QED) is 0.730. The Labute approximate surface area is 171 Å². The Hall–Kier alpha value is -3.19. The van der Waals surface area contributed by atoms with Gasteiger partial charge in [0.25, 0.3) is 5.91 Å². The van der Waals surface area contributed by atoms with Crippen molar-refractivity contribution >= 4 is 28.9 Å². The number of hydrogen-bond acceptors (Lipinski definition) is 4. The number of carbonyl (C=O) groups excluding carboxylic acids is 2. The van der Waals surface area contributed by atoms with E-state index in [2.05, 4.69) is 23.6 Å². The van der Waals surface area contributed by atoms with Crippen LogP contribution in [0.3, 0.4) is 0 Å². The first-order valence-electron chi connectivity index (χ1n) is 9.68. The zero-order chi connectivity index (χ0) is 21.1. The van der Waals surface area contributed by atoms with Crippen molar-refractivity contribution in [2.45, 2.75) is 33.4 Å². The Kier molecular flexibility index (Phi) is 5.98. The number of rotatable bonds is 7. The molecule has 0 fully saturated rings. The number of nitrogens with one attached hydrogen (secondary N) is 1. The molecule has 0 saturated heterocycles. The van der Waals surface area contributed by atoms with E-state index < -0.39 is 6.04 Å². The minimum atomic E-state index is -0.455. The maximum atomic E-state index is 13.7. The fourth-order valence-electron chi connectivity index (χ4n) is 3.55. The number of benzene rings is 1. The van der Waals surface area contributed by atoms with Gasteiger partial charge in [0.05, 0.1) is 23.6 Å². The van der Waals surface area contributed by atoms with E-state index >= 15 is 0 Å². The molecule has 152 valence electrons. The Balaban J connectivity index is 2.11. The zero-order valence-corrected chi connectivity index (χ0v) is 17.2. The molecule has 0 saturated carbocycles. The second kappa shape index (κ2) is 8.45. The van der Waals surface area contributed by atoms with E-state index in [4.69, 9.17) is 0 Å². The van der Waals surface area contributed by atoms with Gasteiger partial charge in [-0.3, -0.25) is 24.1 Å². The van der Waals surface area contributed by atoms with Crippen LogP contribution < -0.4 is 10.2 Å². The van der Waals surface area contributed by atoms with Gasteiger partial charge in [-0.15, -0.1) is 6.58 Å². The van der Waals surface area contributed by atoms with Crippen LogP contribution in [0.25, 0.3) is 0 Å². The predicted octanol–water partition coefficient (Wildman–Crippen LogP) is 3.59. The van der Waals surface area contributed by atoms with Gasteiger partial charge in [-0.05, 0) is 32.9 Å². The molecule has 0 bridgehead atoms. The van der Waals surface area contributed by atoms with E-state index in [9.17, 15) is 9.59 Å². The SMILES string of the molecule is C=CCN(CC(=C)C)C(C)C(=O)N1c2ccccc2NC(=O)c2c1cnn2CC. The third kappa shape index (κ3) is 3.86. The van der Waals surface area contributed by atoms with Gasteiger partial charge in [0.15, 0.2) is 5.69 Å². The first-order chi connectivity index (χ1) is 13.9. The van der Waals surface area contributed by atoms with E-state index in [1.54, 1.807) is 27.9 Å². The van der Waals surface area contributed by atoms with Crippen LogP contribution in [0, 0.1) is 0 Å². The number of nitrogens with zero attached hydrogens (tertiary/aromatic N) is 4. The van der Waals surface area contributed by atoms with Crippen molar-refractivity contribution in [2.75, 3.05) is 23.3 Å². The highest BCUT2D eigenvalue weighted by atomic mass is 16.2. The van der Waals surface area contributed by atoms with Gasteiger partial charge < -0.3 is 5.32 Å². The molecule has 1 aromatic carbocycles. The van der Waals surface area contributed by atoms with Gasteiger partial charge >= 0.3 is 0 Å². The number of amides is 2. The topological polar surface area (TPSA) is 70.5 Å². The van der Waals surface area contributed by atoms with Crippen LogP contribution in [-0.4, -0.2) is 45.6 Å². The summed E-state index contributed by atoms with van der Waals surface area (Å²) in [5.41, 5.74) is 3.03. The average molecular weight is 393 g/mol. The molecule has 7 nitrogen and oxygen atoms in total. The van der Waals surface area contributed by atoms with Gasteiger partial charge in [0, 0.05) is 19.6 Å². The summed E-state index contributed by atoms with van der Waals surface area (Å²) >= 11 is 0. The van der Waals surface area contributed by atoms with Gasteiger partial charge in [-0.1, -0.05) is 30.4 Å². The summed E-state index contributed by atoms with van der Waals surface area (Å²) in [4.78, 5) is 30.2. The first-order valence-corrected chi connectivity index (χ1v) is 9.68. The van der Waals surface area contributed by atoms with Crippen LogP contribution in [0.5, 0.6) is 0 Å². The van der Waals surface area contributed by atoms with Gasteiger partial charge in [0.1, 0.15) is 5.69 Å². The standard InChI is InChI=1S/C22H27N5O2/c1-6-12-25(14-15(3)4)16(5)22(29)27-18-11-9-8-10-17(18)24-21(28)20-19(27)13-23-26(20)7-2/h6,8-11,13,16H,1,3,7,12,14H2,2,4-5H3,(H,24,28). The number of aromatic nitrogens is 2. The third-order valence-corrected chi connectivity index (χ3v) is 4.93. The van der Waals surface area contributed by atoms with E-state index in [-0.39, 0.29) is 11.8 Å². The highest BCUT2D eigenvalue weighted by Gasteiger charge is 2.35. The van der Waals surface area contributed by atoms with Gasteiger partial charge in [0.2, 0.25) is 5.91 Å². The molecule has 1 aliphatic rings. The molecule has 3 rings (SSSR count). The number of carbonyl (C=O) groups is 2. The lowest BCUT2D eigenvalue weighted by atomic mass is 10.1. The maximum absolute atomic E-state index is 13.7. The molecular weight excluding hydrogens is 366 g/mol. The molecule has 1 unspecified atom stereocenters. The summed E-state index contributed by atoms with van der Waals surface area (Å²) in [5, 5.41) is 7.23. The van der Waals surface area contributed by atoms with Crippen molar-refractivity contribution in [3.63, 3.8) is 0 Å². The highest BCUT2D eigenvalue weighted by molar-refractivity contribution is 6.17. The van der Waals surface area contributed by atoms with Crippen LogP contribution in [0.4, 0.5) is 17.1 Å². The normalized spacial score (nSPS) is 13.9. The summed E-state index contributed by atoms with van der Waals surface area (Å²) in [7, 11) is 0. The molecule has 1 atom stereocenters. The zero-order valence-electron chi connectivity index (χ0n) is 17.2. The molecule has 0 radical (unpaired) electrons.